The fraction of sp³-hybridized carbons (Fsp3) is 0.562. The summed E-state index contributed by atoms with van der Waals surface area (Å²) < 4.78 is 17.6. The molecule has 0 bridgehead atoms. The third-order valence-electron chi connectivity index (χ3n) is 3.04. The molecule has 0 spiro atoms. The molecule has 0 unspecified atom stereocenters. The van der Waals surface area contributed by atoms with E-state index in [2.05, 4.69) is 5.32 Å². The van der Waals surface area contributed by atoms with Crippen molar-refractivity contribution in [3.8, 4) is 0 Å². The van der Waals surface area contributed by atoms with Crippen LogP contribution in [-0.4, -0.2) is 25.7 Å². The van der Waals surface area contributed by atoms with Gasteiger partial charge in [-0.05, 0) is 57.0 Å². The van der Waals surface area contributed by atoms with Crippen LogP contribution in [0.3, 0.4) is 0 Å². The Morgan fingerprint density at radius 1 is 1.15 bits per heavy atom. The van der Waals surface area contributed by atoms with Gasteiger partial charge in [0, 0.05) is 6.42 Å². The molecule has 0 aliphatic heterocycles. The number of unbranched alkanes of at least 4 members (excludes halogenated alkanes) is 2. The third-order valence-corrected chi connectivity index (χ3v) is 3.04. The van der Waals surface area contributed by atoms with E-state index in [9.17, 15) is 9.18 Å². The number of carbonyl (C=O) groups excluding carboxylic acids is 1. The van der Waals surface area contributed by atoms with Crippen molar-refractivity contribution in [2.24, 2.45) is 0 Å². The fourth-order valence-corrected chi connectivity index (χ4v) is 1.94. The van der Waals surface area contributed by atoms with E-state index in [1.807, 2.05) is 19.1 Å². The Labute approximate surface area is 120 Å². The molecule has 0 aliphatic rings. The van der Waals surface area contributed by atoms with Gasteiger partial charge in [0.15, 0.2) is 0 Å². The lowest BCUT2D eigenvalue weighted by Gasteiger charge is -2.05. The summed E-state index contributed by atoms with van der Waals surface area (Å²) in [5.74, 6) is -0.292. The van der Waals surface area contributed by atoms with Crippen LogP contribution in [0, 0.1) is 5.82 Å². The normalized spacial score (nSPS) is 10.5. The van der Waals surface area contributed by atoms with Crippen LogP contribution in [0.25, 0.3) is 0 Å². The maximum atomic E-state index is 12.7. The zero-order valence-electron chi connectivity index (χ0n) is 12.2. The molecule has 0 amide bonds. The predicted molar refractivity (Wildman–Crippen MR) is 78.1 cm³/mol. The highest BCUT2D eigenvalue weighted by atomic mass is 19.1. The first-order chi connectivity index (χ1) is 9.72. The number of ether oxygens (including phenoxy) is 1. The average molecular weight is 281 g/mol. The molecule has 0 heterocycles. The summed E-state index contributed by atoms with van der Waals surface area (Å²) in [6.07, 6.45) is 4.40. The van der Waals surface area contributed by atoms with Crippen LogP contribution < -0.4 is 5.32 Å². The molecule has 1 aromatic carbocycles. The largest absolute Gasteiger partial charge is 0.466 e. The molecule has 0 saturated heterocycles. The standard InChI is InChI=1S/C16H24FNO2/c1-2-20-16(19)6-4-3-5-12-18-13-11-14-7-9-15(17)10-8-14/h7-10,18H,2-6,11-13H2,1H3. The molecule has 0 aliphatic carbocycles. The Kier molecular flexibility index (Phi) is 8.63. The molecule has 1 aromatic rings. The van der Waals surface area contributed by atoms with Crippen molar-refractivity contribution < 1.29 is 13.9 Å². The first kappa shape index (κ1) is 16.6. The molecular weight excluding hydrogens is 257 g/mol. The molecular formula is C16H24FNO2. The second-order valence-corrected chi connectivity index (χ2v) is 4.74. The zero-order chi connectivity index (χ0) is 14.6. The number of halogens is 1. The molecule has 0 fully saturated rings. The Morgan fingerprint density at radius 2 is 1.90 bits per heavy atom. The van der Waals surface area contributed by atoms with Gasteiger partial charge in [0.2, 0.25) is 0 Å². The van der Waals surface area contributed by atoms with Crippen molar-refractivity contribution in [1.82, 2.24) is 5.32 Å². The average Bonchev–Trinajstić information content (AvgIpc) is 2.44. The molecule has 1 N–H and O–H groups in total. The summed E-state index contributed by atoms with van der Waals surface area (Å²) in [7, 11) is 0. The summed E-state index contributed by atoms with van der Waals surface area (Å²) in [6.45, 7) is 4.13. The summed E-state index contributed by atoms with van der Waals surface area (Å²) in [5, 5.41) is 3.35. The van der Waals surface area contributed by atoms with Gasteiger partial charge in [-0.25, -0.2) is 4.39 Å². The summed E-state index contributed by atoms with van der Waals surface area (Å²) in [5.41, 5.74) is 1.14. The quantitative estimate of drug-likeness (QED) is 0.529. The zero-order valence-corrected chi connectivity index (χ0v) is 12.2. The Hall–Kier alpha value is -1.42. The van der Waals surface area contributed by atoms with E-state index in [4.69, 9.17) is 4.74 Å². The van der Waals surface area contributed by atoms with E-state index in [1.165, 1.54) is 12.1 Å². The van der Waals surface area contributed by atoms with Gasteiger partial charge in [0.05, 0.1) is 6.61 Å². The van der Waals surface area contributed by atoms with Gasteiger partial charge in [-0.15, -0.1) is 0 Å². The number of carbonyl (C=O) groups is 1. The molecule has 3 nitrogen and oxygen atoms in total. The number of hydrogen-bond acceptors (Lipinski definition) is 3. The Morgan fingerprint density at radius 3 is 2.60 bits per heavy atom. The molecule has 20 heavy (non-hydrogen) atoms. The number of esters is 1. The van der Waals surface area contributed by atoms with Gasteiger partial charge < -0.3 is 10.1 Å². The molecule has 112 valence electrons. The minimum atomic E-state index is -0.191. The van der Waals surface area contributed by atoms with E-state index in [0.29, 0.717) is 13.0 Å². The molecule has 1 rings (SSSR count). The summed E-state index contributed by atoms with van der Waals surface area (Å²) in [4.78, 5) is 11.1. The summed E-state index contributed by atoms with van der Waals surface area (Å²) >= 11 is 0. The lowest BCUT2D eigenvalue weighted by atomic mass is 10.1. The molecule has 4 heteroatoms. The second-order valence-electron chi connectivity index (χ2n) is 4.74. The van der Waals surface area contributed by atoms with Crippen LogP contribution in [0.4, 0.5) is 4.39 Å². The number of nitrogens with one attached hydrogen (secondary N) is 1. The SMILES string of the molecule is CCOC(=O)CCCCCNCCc1ccc(F)cc1. The van der Waals surface area contributed by atoms with Gasteiger partial charge in [-0.2, -0.15) is 0 Å². The van der Waals surface area contributed by atoms with Crippen molar-refractivity contribution in [2.75, 3.05) is 19.7 Å². The first-order valence-electron chi connectivity index (χ1n) is 7.33. The van der Waals surface area contributed by atoms with Crippen molar-refractivity contribution in [2.45, 2.75) is 39.0 Å². The second kappa shape index (κ2) is 10.4. The van der Waals surface area contributed by atoms with E-state index < -0.39 is 0 Å². The van der Waals surface area contributed by atoms with Gasteiger partial charge >= 0.3 is 5.97 Å². The van der Waals surface area contributed by atoms with E-state index in [-0.39, 0.29) is 11.8 Å². The first-order valence-corrected chi connectivity index (χ1v) is 7.33. The summed E-state index contributed by atoms with van der Waals surface area (Å²) in [6, 6.07) is 6.61. The van der Waals surface area contributed by atoms with Crippen molar-refractivity contribution in [3.05, 3.63) is 35.6 Å². The van der Waals surface area contributed by atoms with Gasteiger partial charge in [0.1, 0.15) is 5.82 Å². The van der Waals surface area contributed by atoms with Gasteiger partial charge in [0.25, 0.3) is 0 Å². The van der Waals surface area contributed by atoms with Crippen LogP contribution in [0.2, 0.25) is 0 Å². The van der Waals surface area contributed by atoms with Crippen LogP contribution in [0.1, 0.15) is 38.2 Å². The third kappa shape index (κ3) is 7.89. The van der Waals surface area contributed by atoms with E-state index >= 15 is 0 Å². The molecule has 0 aromatic heterocycles. The molecule has 0 atom stereocenters. The van der Waals surface area contributed by atoms with Gasteiger partial charge in [-0.1, -0.05) is 18.6 Å². The van der Waals surface area contributed by atoms with Crippen molar-refractivity contribution in [3.63, 3.8) is 0 Å². The lowest BCUT2D eigenvalue weighted by molar-refractivity contribution is -0.143. The number of benzene rings is 1. The number of hydrogen-bond donors (Lipinski definition) is 1. The van der Waals surface area contributed by atoms with Crippen molar-refractivity contribution in [1.29, 1.82) is 0 Å². The minimum absolute atomic E-state index is 0.100. The highest BCUT2D eigenvalue weighted by Gasteiger charge is 2.00. The topological polar surface area (TPSA) is 38.3 Å². The van der Waals surface area contributed by atoms with Crippen LogP contribution >= 0.6 is 0 Å². The molecule has 0 saturated carbocycles. The minimum Gasteiger partial charge on any atom is -0.466 e. The van der Waals surface area contributed by atoms with E-state index in [1.54, 1.807) is 0 Å². The fourth-order valence-electron chi connectivity index (χ4n) is 1.94. The van der Waals surface area contributed by atoms with E-state index in [0.717, 1.165) is 44.3 Å². The lowest BCUT2D eigenvalue weighted by Crippen LogP contribution is -2.18. The van der Waals surface area contributed by atoms with Crippen LogP contribution in [-0.2, 0) is 16.0 Å². The van der Waals surface area contributed by atoms with Gasteiger partial charge in [-0.3, -0.25) is 4.79 Å². The maximum absolute atomic E-state index is 12.7. The van der Waals surface area contributed by atoms with Crippen molar-refractivity contribution >= 4 is 5.97 Å². The maximum Gasteiger partial charge on any atom is 0.305 e. The smallest absolute Gasteiger partial charge is 0.305 e. The Balaban J connectivity index is 1.92. The van der Waals surface area contributed by atoms with Crippen LogP contribution in [0.15, 0.2) is 24.3 Å². The predicted octanol–water partition coefficient (Wildman–Crippen LogP) is 3.08. The number of rotatable bonds is 10. The van der Waals surface area contributed by atoms with Crippen LogP contribution in [0.5, 0.6) is 0 Å². The Bertz CT molecular complexity index is 379. The molecule has 0 radical (unpaired) electrons. The highest BCUT2D eigenvalue weighted by Crippen LogP contribution is 2.03. The monoisotopic (exact) mass is 281 g/mol. The highest BCUT2D eigenvalue weighted by molar-refractivity contribution is 5.69.